The summed E-state index contributed by atoms with van der Waals surface area (Å²) in [5, 5.41) is 13.9. The third-order valence-corrected chi connectivity index (χ3v) is 4.63. The number of hydrogen-bond acceptors (Lipinski definition) is 3. The molecule has 1 aliphatic carbocycles. The summed E-state index contributed by atoms with van der Waals surface area (Å²) in [7, 11) is 0. The van der Waals surface area contributed by atoms with Crippen LogP contribution in [0.3, 0.4) is 0 Å². The molecule has 0 bridgehead atoms. The lowest BCUT2D eigenvalue weighted by molar-refractivity contribution is -0.133. The first-order valence-corrected chi connectivity index (χ1v) is 7.78. The quantitative estimate of drug-likeness (QED) is 0.795. The predicted octanol–water partition coefficient (Wildman–Crippen LogP) is 1.53. The van der Waals surface area contributed by atoms with Crippen LogP contribution in [0.4, 0.5) is 0 Å². The minimum Gasteiger partial charge on any atom is -0.388 e. The van der Waals surface area contributed by atoms with Crippen LogP contribution >= 0.6 is 0 Å². The Bertz CT molecular complexity index is 311. The normalized spacial score (nSPS) is 35.9. The third-order valence-electron chi connectivity index (χ3n) is 4.63. The van der Waals surface area contributed by atoms with Crippen molar-refractivity contribution < 1.29 is 9.90 Å². The van der Waals surface area contributed by atoms with E-state index in [0.29, 0.717) is 12.5 Å². The molecular formula is C15H28N2O2. The van der Waals surface area contributed by atoms with E-state index in [4.69, 9.17) is 0 Å². The monoisotopic (exact) mass is 268 g/mol. The number of nitrogens with zero attached hydrogens (tertiary/aromatic N) is 1. The number of rotatable bonds is 5. The number of carbonyl (C=O) groups is 1. The van der Waals surface area contributed by atoms with Crippen LogP contribution in [-0.2, 0) is 4.79 Å². The van der Waals surface area contributed by atoms with Gasteiger partial charge in [-0.15, -0.1) is 0 Å². The van der Waals surface area contributed by atoms with Crippen molar-refractivity contribution in [1.82, 2.24) is 10.2 Å². The van der Waals surface area contributed by atoms with E-state index in [0.717, 1.165) is 51.6 Å². The zero-order chi connectivity index (χ0) is 13.9. The molecule has 2 aliphatic rings. The molecule has 1 atom stereocenters. The van der Waals surface area contributed by atoms with Crippen molar-refractivity contribution in [2.45, 2.75) is 64.0 Å². The molecule has 0 aromatic carbocycles. The van der Waals surface area contributed by atoms with Gasteiger partial charge in [0.1, 0.15) is 0 Å². The SMILES string of the molecule is CCCNC1CCN(CC2(O)CCC(C)CC2)C1=O. The molecule has 110 valence electrons. The number of β-amino-alcohol motifs (C(OH)–C–C–N with tert-alkyl or cyclic N) is 1. The summed E-state index contributed by atoms with van der Waals surface area (Å²) in [5.41, 5.74) is -0.637. The van der Waals surface area contributed by atoms with Crippen molar-refractivity contribution in [1.29, 1.82) is 0 Å². The van der Waals surface area contributed by atoms with E-state index in [2.05, 4.69) is 19.2 Å². The molecule has 1 heterocycles. The van der Waals surface area contributed by atoms with Gasteiger partial charge in [-0.2, -0.15) is 0 Å². The Balaban J connectivity index is 1.84. The van der Waals surface area contributed by atoms with E-state index in [1.165, 1.54) is 0 Å². The summed E-state index contributed by atoms with van der Waals surface area (Å²) in [6, 6.07) is -0.0222. The summed E-state index contributed by atoms with van der Waals surface area (Å²) in [6.45, 7) is 6.56. The maximum Gasteiger partial charge on any atom is 0.239 e. The Morgan fingerprint density at radius 3 is 2.68 bits per heavy atom. The summed E-state index contributed by atoms with van der Waals surface area (Å²) < 4.78 is 0. The molecular weight excluding hydrogens is 240 g/mol. The molecule has 0 spiro atoms. The average molecular weight is 268 g/mol. The van der Waals surface area contributed by atoms with Gasteiger partial charge in [-0.3, -0.25) is 4.79 Å². The zero-order valence-electron chi connectivity index (χ0n) is 12.3. The molecule has 0 radical (unpaired) electrons. The molecule has 1 unspecified atom stereocenters. The maximum atomic E-state index is 12.2. The topological polar surface area (TPSA) is 52.6 Å². The highest BCUT2D eigenvalue weighted by Gasteiger charge is 2.39. The number of hydrogen-bond donors (Lipinski definition) is 2. The molecule has 1 saturated carbocycles. The van der Waals surface area contributed by atoms with Crippen molar-refractivity contribution in [2.24, 2.45) is 5.92 Å². The van der Waals surface area contributed by atoms with Crippen LogP contribution in [0.15, 0.2) is 0 Å². The van der Waals surface area contributed by atoms with E-state index in [9.17, 15) is 9.90 Å². The summed E-state index contributed by atoms with van der Waals surface area (Å²) in [4.78, 5) is 14.1. The van der Waals surface area contributed by atoms with Gasteiger partial charge in [-0.1, -0.05) is 13.8 Å². The van der Waals surface area contributed by atoms with E-state index in [1.807, 2.05) is 4.90 Å². The smallest absolute Gasteiger partial charge is 0.239 e. The van der Waals surface area contributed by atoms with Crippen molar-refractivity contribution in [3.8, 4) is 0 Å². The lowest BCUT2D eigenvalue weighted by Crippen LogP contribution is -2.48. The standard InChI is InChI=1S/C15H28N2O2/c1-3-9-16-13-6-10-17(14(13)18)11-15(19)7-4-12(2)5-8-15/h12-13,16,19H,3-11H2,1-2H3. The van der Waals surface area contributed by atoms with Crippen molar-refractivity contribution >= 4 is 5.91 Å². The first-order chi connectivity index (χ1) is 9.04. The molecule has 4 heteroatoms. The number of carbonyl (C=O) groups excluding carboxylic acids is 1. The molecule has 19 heavy (non-hydrogen) atoms. The van der Waals surface area contributed by atoms with Crippen LogP contribution in [0.5, 0.6) is 0 Å². The molecule has 2 rings (SSSR count). The van der Waals surface area contributed by atoms with Crippen LogP contribution in [0, 0.1) is 5.92 Å². The molecule has 1 saturated heterocycles. The highest BCUT2D eigenvalue weighted by molar-refractivity contribution is 5.84. The first kappa shape index (κ1) is 14.8. The number of aliphatic hydroxyl groups is 1. The second kappa shape index (κ2) is 6.23. The second-order valence-electron chi connectivity index (χ2n) is 6.46. The predicted molar refractivity (Wildman–Crippen MR) is 75.9 cm³/mol. The third kappa shape index (κ3) is 3.69. The number of amides is 1. The summed E-state index contributed by atoms with van der Waals surface area (Å²) in [6.07, 6.45) is 5.76. The van der Waals surface area contributed by atoms with E-state index in [1.54, 1.807) is 0 Å². The number of nitrogens with one attached hydrogen (secondary N) is 1. The highest BCUT2D eigenvalue weighted by Crippen LogP contribution is 2.33. The average Bonchev–Trinajstić information content (AvgIpc) is 2.72. The van der Waals surface area contributed by atoms with Crippen LogP contribution in [0.25, 0.3) is 0 Å². The molecule has 1 aliphatic heterocycles. The summed E-state index contributed by atoms with van der Waals surface area (Å²) in [5.74, 6) is 0.897. The van der Waals surface area contributed by atoms with Crippen LogP contribution in [0.2, 0.25) is 0 Å². The van der Waals surface area contributed by atoms with Crippen LogP contribution in [0.1, 0.15) is 52.4 Å². The van der Waals surface area contributed by atoms with E-state index >= 15 is 0 Å². The van der Waals surface area contributed by atoms with Gasteiger partial charge in [-0.25, -0.2) is 0 Å². The molecule has 0 aromatic heterocycles. The van der Waals surface area contributed by atoms with E-state index < -0.39 is 5.60 Å². The van der Waals surface area contributed by atoms with Crippen LogP contribution < -0.4 is 5.32 Å². The number of likely N-dealkylation sites (tertiary alicyclic amines) is 1. The van der Waals surface area contributed by atoms with Crippen LogP contribution in [-0.4, -0.2) is 47.2 Å². The van der Waals surface area contributed by atoms with Gasteiger partial charge in [0.15, 0.2) is 0 Å². The largest absolute Gasteiger partial charge is 0.388 e. The fourth-order valence-electron chi connectivity index (χ4n) is 3.22. The first-order valence-electron chi connectivity index (χ1n) is 7.78. The lowest BCUT2D eigenvalue weighted by Gasteiger charge is -2.37. The fraction of sp³-hybridized carbons (Fsp3) is 0.933. The minimum absolute atomic E-state index is 0.0222. The molecule has 2 N–H and O–H groups in total. The second-order valence-corrected chi connectivity index (χ2v) is 6.46. The minimum atomic E-state index is -0.637. The van der Waals surface area contributed by atoms with Gasteiger partial charge in [-0.05, 0) is 51.0 Å². The zero-order valence-corrected chi connectivity index (χ0v) is 12.3. The Morgan fingerprint density at radius 1 is 1.37 bits per heavy atom. The Hall–Kier alpha value is -0.610. The van der Waals surface area contributed by atoms with Gasteiger partial charge in [0.2, 0.25) is 5.91 Å². The molecule has 4 nitrogen and oxygen atoms in total. The lowest BCUT2D eigenvalue weighted by atomic mass is 9.79. The van der Waals surface area contributed by atoms with E-state index in [-0.39, 0.29) is 11.9 Å². The fourth-order valence-corrected chi connectivity index (χ4v) is 3.22. The Labute approximate surface area is 116 Å². The van der Waals surface area contributed by atoms with Crippen molar-refractivity contribution in [2.75, 3.05) is 19.6 Å². The summed E-state index contributed by atoms with van der Waals surface area (Å²) >= 11 is 0. The molecule has 2 fully saturated rings. The van der Waals surface area contributed by atoms with Gasteiger partial charge >= 0.3 is 0 Å². The van der Waals surface area contributed by atoms with Gasteiger partial charge in [0, 0.05) is 13.1 Å². The molecule has 0 aromatic rings. The molecule has 1 amide bonds. The maximum absolute atomic E-state index is 12.2. The van der Waals surface area contributed by atoms with Crippen molar-refractivity contribution in [3.05, 3.63) is 0 Å². The van der Waals surface area contributed by atoms with Gasteiger partial charge in [0.25, 0.3) is 0 Å². The highest BCUT2D eigenvalue weighted by atomic mass is 16.3. The van der Waals surface area contributed by atoms with Gasteiger partial charge in [0.05, 0.1) is 11.6 Å². The van der Waals surface area contributed by atoms with Crippen molar-refractivity contribution in [3.63, 3.8) is 0 Å². The Kier molecular flexibility index (Phi) is 4.85. The Morgan fingerprint density at radius 2 is 2.05 bits per heavy atom. The van der Waals surface area contributed by atoms with Gasteiger partial charge < -0.3 is 15.3 Å².